The van der Waals surface area contributed by atoms with Crippen LogP contribution < -0.4 is 20.7 Å². The van der Waals surface area contributed by atoms with Gasteiger partial charge in [0.25, 0.3) is 0 Å². The summed E-state index contributed by atoms with van der Waals surface area (Å²) < 4.78 is 10.7. The molecule has 9 heteroatoms. The normalized spacial score (nSPS) is 12.4. The first kappa shape index (κ1) is 27.7. The van der Waals surface area contributed by atoms with Crippen LogP contribution >= 0.6 is 0 Å². The summed E-state index contributed by atoms with van der Waals surface area (Å²) >= 11 is 0. The van der Waals surface area contributed by atoms with Gasteiger partial charge in [0.1, 0.15) is 12.0 Å². The second-order valence-corrected chi connectivity index (χ2v) is 7.42. The van der Waals surface area contributed by atoms with Gasteiger partial charge in [-0.15, -0.1) is 0 Å². The van der Waals surface area contributed by atoms with Gasteiger partial charge < -0.3 is 30.5 Å². The molecular formula is C26H35N5O4. The van der Waals surface area contributed by atoms with E-state index in [9.17, 15) is 4.79 Å². The van der Waals surface area contributed by atoms with Crippen LogP contribution in [0.15, 0.2) is 54.9 Å². The number of hydrogen-bond donors (Lipinski definition) is 3. The topological polar surface area (TPSA) is 123 Å². The van der Waals surface area contributed by atoms with E-state index in [2.05, 4.69) is 38.1 Å². The van der Waals surface area contributed by atoms with Crippen LogP contribution in [0.2, 0.25) is 0 Å². The SMILES string of the molecule is CN.CO.COc1cc(C=O)cc(CCc2cnc(Nc3ccc(N4CCOCC4)cc3)nc2)c1. The standard InChI is InChI=1S/C24H26N4O3.CH5N.CH4O/c1-30-23-13-18(12-20(14-23)17-29)2-3-19-15-25-24(26-16-19)27-21-4-6-22(7-5-21)28-8-10-31-11-9-28;2*1-2/h4-7,12-17H,2-3,8-11H2,1H3,(H,25,26,27);2H2,1H3;2H,1H3. The molecule has 0 unspecified atom stereocenters. The molecule has 0 bridgehead atoms. The highest BCUT2D eigenvalue weighted by molar-refractivity contribution is 5.76. The third-order valence-corrected chi connectivity index (χ3v) is 5.27. The number of nitrogens with two attached hydrogens (primary N) is 1. The molecule has 1 saturated heterocycles. The highest BCUT2D eigenvalue weighted by atomic mass is 16.5. The summed E-state index contributed by atoms with van der Waals surface area (Å²) in [5.41, 5.74) is 9.33. The van der Waals surface area contributed by atoms with Crippen LogP contribution in [-0.4, -0.2) is 68.9 Å². The summed E-state index contributed by atoms with van der Waals surface area (Å²) in [7, 11) is 4.10. The van der Waals surface area contributed by atoms with Crippen molar-refractivity contribution >= 4 is 23.6 Å². The van der Waals surface area contributed by atoms with Crippen molar-refractivity contribution in [2.45, 2.75) is 12.8 Å². The third-order valence-electron chi connectivity index (χ3n) is 5.27. The molecular weight excluding hydrogens is 446 g/mol. The van der Waals surface area contributed by atoms with Crippen molar-refractivity contribution < 1.29 is 19.4 Å². The Morgan fingerprint density at radius 2 is 1.66 bits per heavy atom. The van der Waals surface area contributed by atoms with Crippen molar-refractivity contribution in [2.75, 3.05) is 57.8 Å². The molecule has 1 aromatic heterocycles. The Balaban J connectivity index is 0.00000103. The number of aliphatic hydroxyl groups excluding tert-OH is 1. The molecule has 0 saturated carbocycles. The Hall–Kier alpha value is -3.53. The average molecular weight is 482 g/mol. The molecule has 0 radical (unpaired) electrons. The number of anilines is 3. The number of ether oxygens (including phenoxy) is 2. The Morgan fingerprint density at radius 3 is 2.26 bits per heavy atom. The molecule has 0 amide bonds. The van der Waals surface area contributed by atoms with E-state index in [1.165, 1.54) is 12.7 Å². The maximum absolute atomic E-state index is 11.1. The van der Waals surface area contributed by atoms with Gasteiger partial charge >= 0.3 is 0 Å². The van der Waals surface area contributed by atoms with Crippen molar-refractivity contribution in [3.8, 4) is 5.75 Å². The number of aryl methyl sites for hydroxylation is 2. The van der Waals surface area contributed by atoms with Crippen LogP contribution in [0, 0.1) is 0 Å². The molecule has 0 atom stereocenters. The molecule has 9 nitrogen and oxygen atoms in total. The van der Waals surface area contributed by atoms with E-state index in [-0.39, 0.29) is 0 Å². The van der Waals surface area contributed by atoms with Crippen molar-refractivity contribution in [3.05, 3.63) is 71.5 Å². The van der Waals surface area contributed by atoms with Crippen molar-refractivity contribution in [3.63, 3.8) is 0 Å². The number of rotatable bonds is 8. The molecule has 188 valence electrons. The zero-order valence-corrected chi connectivity index (χ0v) is 20.6. The second-order valence-electron chi connectivity index (χ2n) is 7.42. The summed E-state index contributed by atoms with van der Waals surface area (Å²) in [6.07, 6.45) is 6.05. The number of aldehydes is 1. The van der Waals surface area contributed by atoms with Gasteiger partial charge in [-0.25, -0.2) is 9.97 Å². The fraction of sp³-hybridized carbons (Fsp3) is 0.346. The van der Waals surface area contributed by atoms with Gasteiger partial charge in [-0.2, -0.15) is 0 Å². The number of morpholine rings is 1. The summed E-state index contributed by atoms with van der Waals surface area (Å²) in [6.45, 7) is 3.39. The predicted octanol–water partition coefficient (Wildman–Crippen LogP) is 2.85. The van der Waals surface area contributed by atoms with Crippen LogP contribution in [0.25, 0.3) is 0 Å². The van der Waals surface area contributed by atoms with E-state index >= 15 is 0 Å². The van der Waals surface area contributed by atoms with Gasteiger partial charge in [-0.05, 0) is 73.5 Å². The highest BCUT2D eigenvalue weighted by Crippen LogP contribution is 2.21. The average Bonchev–Trinajstić information content (AvgIpc) is 2.95. The van der Waals surface area contributed by atoms with Crippen molar-refractivity contribution in [1.82, 2.24) is 9.97 Å². The number of carbonyl (C=O) groups excluding carboxylic acids is 1. The monoisotopic (exact) mass is 481 g/mol. The first-order valence-electron chi connectivity index (χ1n) is 11.4. The van der Waals surface area contributed by atoms with Crippen LogP contribution in [0.4, 0.5) is 17.3 Å². The highest BCUT2D eigenvalue weighted by Gasteiger charge is 2.11. The van der Waals surface area contributed by atoms with Crippen LogP contribution in [-0.2, 0) is 17.6 Å². The van der Waals surface area contributed by atoms with Crippen molar-refractivity contribution in [1.29, 1.82) is 0 Å². The minimum atomic E-state index is 0.562. The van der Waals surface area contributed by atoms with Gasteiger partial charge in [0.2, 0.25) is 5.95 Å². The summed E-state index contributed by atoms with van der Waals surface area (Å²) in [4.78, 5) is 22.3. The molecule has 1 aliphatic rings. The number of nitrogens with one attached hydrogen (secondary N) is 1. The van der Waals surface area contributed by atoms with E-state index in [1.807, 2.05) is 36.7 Å². The van der Waals surface area contributed by atoms with Crippen LogP contribution in [0.1, 0.15) is 21.5 Å². The number of hydrogen-bond acceptors (Lipinski definition) is 9. The molecule has 1 aliphatic heterocycles. The van der Waals surface area contributed by atoms with Gasteiger partial charge in [0.05, 0.1) is 20.3 Å². The summed E-state index contributed by atoms with van der Waals surface area (Å²) in [6, 6.07) is 13.8. The van der Waals surface area contributed by atoms with Gasteiger partial charge in [0.15, 0.2) is 0 Å². The Kier molecular flexibility index (Phi) is 12.2. The molecule has 2 aromatic carbocycles. The Bertz CT molecular complexity index is 1010. The molecule has 1 fully saturated rings. The van der Waals surface area contributed by atoms with E-state index < -0.39 is 0 Å². The second kappa shape index (κ2) is 15.4. The number of methoxy groups -OCH3 is 1. The predicted molar refractivity (Wildman–Crippen MR) is 139 cm³/mol. The first-order valence-corrected chi connectivity index (χ1v) is 11.4. The molecule has 0 aliphatic carbocycles. The minimum absolute atomic E-state index is 0.562. The van der Waals surface area contributed by atoms with Crippen molar-refractivity contribution in [2.24, 2.45) is 5.73 Å². The maximum atomic E-state index is 11.1. The number of aromatic nitrogens is 2. The zero-order chi connectivity index (χ0) is 25.5. The quantitative estimate of drug-likeness (QED) is 0.417. The fourth-order valence-corrected chi connectivity index (χ4v) is 3.56. The molecule has 2 heterocycles. The Morgan fingerprint density at radius 1 is 1.03 bits per heavy atom. The van der Waals surface area contributed by atoms with Gasteiger partial charge in [0, 0.05) is 49.5 Å². The van der Waals surface area contributed by atoms with E-state index in [4.69, 9.17) is 14.6 Å². The molecule has 4 N–H and O–H groups in total. The lowest BCUT2D eigenvalue weighted by Crippen LogP contribution is -2.36. The number of carbonyl (C=O) groups is 1. The number of benzene rings is 2. The minimum Gasteiger partial charge on any atom is -0.497 e. The van der Waals surface area contributed by atoms with Gasteiger partial charge in [-0.3, -0.25) is 4.79 Å². The van der Waals surface area contributed by atoms with Crippen LogP contribution in [0.5, 0.6) is 5.75 Å². The van der Waals surface area contributed by atoms with Gasteiger partial charge in [-0.1, -0.05) is 0 Å². The van der Waals surface area contributed by atoms with E-state index in [0.29, 0.717) is 17.3 Å². The summed E-state index contributed by atoms with van der Waals surface area (Å²) in [5, 5.41) is 10.2. The molecule has 0 spiro atoms. The fourth-order valence-electron chi connectivity index (χ4n) is 3.56. The lowest BCUT2D eigenvalue weighted by molar-refractivity contribution is 0.112. The lowest BCUT2D eigenvalue weighted by atomic mass is 10.0. The smallest absolute Gasteiger partial charge is 0.227 e. The first-order chi connectivity index (χ1) is 17.2. The number of aliphatic hydroxyl groups is 1. The van der Waals surface area contributed by atoms with E-state index in [1.54, 1.807) is 13.2 Å². The largest absolute Gasteiger partial charge is 0.497 e. The third kappa shape index (κ3) is 8.64. The number of nitrogens with zero attached hydrogens (tertiary/aromatic N) is 3. The Labute approximate surface area is 206 Å². The molecule has 4 rings (SSSR count). The molecule has 35 heavy (non-hydrogen) atoms. The van der Waals surface area contributed by atoms with E-state index in [0.717, 1.165) is 69.4 Å². The maximum Gasteiger partial charge on any atom is 0.227 e. The lowest BCUT2D eigenvalue weighted by Gasteiger charge is -2.28. The van der Waals surface area contributed by atoms with Crippen LogP contribution in [0.3, 0.4) is 0 Å². The molecule has 3 aromatic rings. The summed E-state index contributed by atoms with van der Waals surface area (Å²) in [5.74, 6) is 1.25. The zero-order valence-electron chi connectivity index (χ0n) is 20.6.